The Kier molecular flexibility index (Phi) is 2.54. The summed E-state index contributed by atoms with van der Waals surface area (Å²) in [5.74, 6) is 0.173. The number of hydrogen-bond acceptors (Lipinski definition) is 5. The molecule has 2 rings (SSSR count). The number of thiazole rings is 1. The number of nitrogens with two attached hydrogens (primary N) is 1. The van der Waals surface area contributed by atoms with Crippen LogP contribution in [-0.2, 0) is 0 Å². The first kappa shape index (κ1) is 9.64. The zero-order valence-corrected chi connectivity index (χ0v) is 9.25. The zero-order chi connectivity index (χ0) is 10.1. The summed E-state index contributed by atoms with van der Waals surface area (Å²) in [6, 6.07) is 3.38. The topological polar surface area (TPSA) is 56.0 Å². The molecule has 0 saturated carbocycles. The van der Waals surface area contributed by atoms with E-state index in [9.17, 15) is 4.79 Å². The average Bonchev–Trinajstić information content (AvgIpc) is 2.73. The molecule has 0 fully saturated rings. The SMILES string of the molecule is Nc1ncsc1C(=O)c1ccc(Cl)s1. The lowest BCUT2D eigenvalue weighted by atomic mass is 10.3. The number of nitrogen functional groups attached to an aromatic ring is 1. The molecule has 0 unspecified atom stereocenters. The van der Waals surface area contributed by atoms with Crippen molar-refractivity contribution in [1.29, 1.82) is 0 Å². The molecular formula is C8H5ClN2OS2. The molecule has 0 spiro atoms. The molecule has 2 aromatic rings. The van der Waals surface area contributed by atoms with Gasteiger partial charge in [0.15, 0.2) is 0 Å². The lowest BCUT2D eigenvalue weighted by Crippen LogP contribution is -1.99. The summed E-state index contributed by atoms with van der Waals surface area (Å²) in [6.45, 7) is 0. The van der Waals surface area contributed by atoms with Crippen molar-refractivity contribution in [3.63, 3.8) is 0 Å². The van der Waals surface area contributed by atoms with Gasteiger partial charge in [-0.3, -0.25) is 4.79 Å². The Balaban J connectivity index is 2.38. The smallest absolute Gasteiger partial charge is 0.216 e. The Labute approximate surface area is 93.2 Å². The van der Waals surface area contributed by atoms with Gasteiger partial charge in [-0.1, -0.05) is 11.6 Å². The molecule has 0 radical (unpaired) electrons. The molecule has 0 aromatic carbocycles. The minimum absolute atomic E-state index is 0.109. The van der Waals surface area contributed by atoms with Crippen LogP contribution in [0.1, 0.15) is 14.5 Å². The van der Waals surface area contributed by atoms with Crippen molar-refractivity contribution in [3.05, 3.63) is 31.7 Å². The molecule has 0 amide bonds. The molecule has 0 saturated heterocycles. The van der Waals surface area contributed by atoms with Crippen LogP contribution in [0.4, 0.5) is 5.82 Å². The van der Waals surface area contributed by atoms with Gasteiger partial charge in [-0.05, 0) is 12.1 Å². The van der Waals surface area contributed by atoms with Crippen molar-refractivity contribution < 1.29 is 4.79 Å². The summed E-state index contributed by atoms with van der Waals surface area (Å²) >= 11 is 8.21. The van der Waals surface area contributed by atoms with E-state index < -0.39 is 0 Å². The van der Waals surface area contributed by atoms with Crippen LogP contribution in [0.15, 0.2) is 17.6 Å². The molecule has 14 heavy (non-hydrogen) atoms. The van der Waals surface area contributed by atoms with Crippen LogP contribution in [0.5, 0.6) is 0 Å². The van der Waals surface area contributed by atoms with Crippen molar-refractivity contribution in [1.82, 2.24) is 4.98 Å². The van der Waals surface area contributed by atoms with E-state index in [-0.39, 0.29) is 11.6 Å². The number of ketones is 1. The van der Waals surface area contributed by atoms with E-state index in [0.717, 1.165) is 0 Å². The van der Waals surface area contributed by atoms with Gasteiger partial charge in [0.1, 0.15) is 10.7 Å². The molecule has 0 aliphatic rings. The van der Waals surface area contributed by atoms with E-state index in [4.69, 9.17) is 17.3 Å². The van der Waals surface area contributed by atoms with Crippen LogP contribution in [0.25, 0.3) is 0 Å². The number of aromatic nitrogens is 1. The molecule has 2 aromatic heterocycles. The van der Waals surface area contributed by atoms with Gasteiger partial charge in [0.2, 0.25) is 5.78 Å². The summed E-state index contributed by atoms with van der Waals surface area (Å²) in [6.07, 6.45) is 0. The molecule has 3 nitrogen and oxygen atoms in total. The number of rotatable bonds is 2. The highest BCUT2D eigenvalue weighted by Crippen LogP contribution is 2.27. The van der Waals surface area contributed by atoms with Gasteiger partial charge < -0.3 is 5.73 Å². The largest absolute Gasteiger partial charge is 0.382 e. The third-order valence-electron chi connectivity index (χ3n) is 1.60. The van der Waals surface area contributed by atoms with Gasteiger partial charge in [-0.2, -0.15) is 0 Å². The van der Waals surface area contributed by atoms with Gasteiger partial charge in [-0.25, -0.2) is 4.98 Å². The van der Waals surface area contributed by atoms with Gasteiger partial charge in [0, 0.05) is 0 Å². The number of carbonyl (C=O) groups is 1. The monoisotopic (exact) mass is 244 g/mol. The number of carbonyl (C=O) groups excluding carboxylic acids is 1. The molecule has 0 bridgehead atoms. The van der Waals surface area contributed by atoms with Crippen LogP contribution in [0.2, 0.25) is 4.34 Å². The van der Waals surface area contributed by atoms with E-state index in [0.29, 0.717) is 14.1 Å². The minimum Gasteiger partial charge on any atom is -0.382 e. The number of nitrogens with zero attached hydrogens (tertiary/aromatic N) is 1. The molecule has 0 aliphatic carbocycles. The standard InChI is InChI=1S/C8H5ClN2OS2/c9-5-2-1-4(14-5)6(12)7-8(10)11-3-13-7/h1-3H,10H2. The fourth-order valence-electron chi connectivity index (χ4n) is 0.973. The molecule has 72 valence electrons. The first-order valence-corrected chi connectivity index (χ1v) is 5.75. The van der Waals surface area contributed by atoms with Crippen LogP contribution >= 0.6 is 34.3 Å². The van der Waals surface area contributed by atoms with Crippen molar-refractivity contribution in [2.24, 2.45) is 0 Å². The maximum Gasteiger partial charge on any atom is 0.216 e. The Hall–Kier alpha value is -0.910. The summed E-state index contributed by atoms with van der Waals surface area (Å²) < 4.78 is 0.594. The fraction of sp³-hybridized carbons (Fsp3) is 0. The predicted molar refractivity (Wildman–Crippen MR) is 59.3 cm³/mol. The summed E-state index contributed by atoms with van der Waals surface area (Å²) in [5.41, 5.74) is 7.09. The first-order valence-electron chi connectivity index (χ1n) is 3.67. The van der Waals surface area contributed by atoms with Crippen LogP contribution in [0.3, 0.4) is 0 Å². The Morgan fingerprint density at radius 2 is 2.29 bits per heavy atom. The summed E-state index contributed by atoms with van der Waals surface area (Å²) in [4.78, 5) is 16.7. The number of anilines is 1. The molecule has 6 heteroatoms. The highest BCUT2D eigenvalue weighted by Gasteiger charge is 2.16. The van der Waals surface area contributed by atoms with Crippen molar-refractivity contribution >= 4 is 45.9 Å². The second kappa shape index (κ2) is 3.68. The van der Waals surface area contributed by atoms with E-state index in [2.05, 4.69) is 4.98 Å². The molecule has 0 atom stereocenters. The number of hydrogen-bond donors (Lipinski definition) is 1. The van der Waals surface area contributed by atoms with Gasteiger partial charge in [0.25, 0.3) is 0 Å². The second-order valence-corrected chi connectivity index (χ2v) is 5.07. The van der Waals surface area contributed by atoms with Crippen molar-refractivity contribution in [2.75, 3.05) is 5.73 Å². The van der Waals surface area contributed by atoms with Crippen LogP contribution < -0.4 is 5.73 Å². The minimum atomic E-state index is -0.109. The van der Waals surface area contributed by atoms with E-state index in [1.807, 2.05) is 0 Å². The zero-order valence-electron chi connectivity index (χ0n) is 6.86. The number of thiophene rings is 1. The maximum atomic E-state index is 11.8. The summed E-state index contributed by atoms with van der Waals surface area (Å²) in [5, 5.41) is 0. The van der Waals surface area contributed by atoms with Gasteiger partial charge in [-0.15, -0.1) is 22.7 Å². The second-order valence-electron chi connectivity index (χ2n) is 2.50. The van der Waals surface area contributed by atoms with E-state index in [1.54, 1.807) is 17.6 Å². The molecule has 2 N–H and O–H groups in total. The molecule has 2 heterocycles. The summed E-state index contributed by atoms with van der Waals surface area (Å²) in [7, 11) is 0. The fourth-order valence-corrected chi connectivity index (χ4v) is 2.69. The lowest BCUT2D eigenvalue weighted by molar-refractivity contribution is 0.104. The maximum absolute atomic E-state index is 11.8. The highest BCUT2D eigenvalue weighted by atomic mass is 35.5. The van der Waals surface area contributed by atoms with E-state index in [1.165, 1.54) is 22.7 Å². The van der Waals surface area contributed by atoms with Crippen LogP contribution in [0, 0.1) is 0 Å². The van der Waals surface area contributed by atoms with Gasteiger partial charge >= 0.3 is 0 Å². The normalized spacial score (nSPS) is 10.4. The quantitative estimate of drug-likeness (QED) is 0.827. The highest BCUT2D eigenvalue weighted by molar-refractivity contribution is 7.19. The van der Waals surface area contributed by atoms with Crippen LogP contribution in [-0.4, -0.2) is 10.8 Å². The lowest BCUT2D eigenvalue weighted by Gasteiger charge is -1.93. The average molecular weight is 245 g/mol. The first-order chi connectivity index (χ1) is 6.68. The molecule has 0 aliphatic heterocycles. The molecular weight excluding hydrogens is 240 g/mol. The Morgan fingerprint density at radius 3 is 2.79 bits per heavy atom. The Morgan fingerprint density at radius 1 is 1.50 bits per heavy atom. The Bertz CT molecular complexity index is 477. The third-order valence-corrected chi connectivity index (χ3v) is 3.67. The van der Waals surface area contributed by atoms with Crippen molar-refractivity contribution in [2.45, 2.75) is 0 Å². The third kappa shape index (κ3) is 1.66. The predicted octanol–water partition coefficient (Wildman–Crippen LogP) is 2.67. The van der Waals surface area contributed by atoms with E-state index >= 15 is 0 Å². The van der Waals surface area contributed by atoms with Crippen molar-refractivity contribution in [3.8, 4) is 0 Å². The number of halogens is 1. The van der Waals surface area contributed by atoms with Gasteiger partial charge in [0.05, 0.1) is 14.7 Å².